The molecule has 0 bridgehead atoms. The molecule has 0 atom stereocenters. The first-order valence-electron chi connectivity index (χ1n) is 7.95. The van der Waals surface area contributed by atoms with Gasteiger partial charge < -0.3 is 0 Å². The minimum Gasteiger partial charge on any atom is -0.244 e. The van der Waals surface area contributed by atoms with E-state index < -0.39 is 0 Å². The Morgan fingerprint density at radius 3 is 2.81 bits per heavy atom. The summed E-state index contributed by atoms with van der Waals surface area (Å²) in [5.41, 5.74) is 3.68. The first kappa shape index (κ1) is 16.3. The average molecular weight is 364 g/mol. The molecule has 0 aliphatic heterocycles. The topological polar surface area (TPSA) is 81.2 Å². The molecule has 0 amide bonds. The van der Waals surface area contributed by atoms with Crippen molar-refractivity contribution in [2.24, 2.45) is 10.2 Å². The number of nitrogens with zero attached hydrogens (tertiary/aromatic N) is 7. The van der Waals surface area contributed by atoms with Crippen molar-refractivity contribution < 1.29 is 0 Å². The predicted molar refractivity (Wildman–Crippen MR) is 98.9 cm³/mol. The Morgan fingerprint density at radius 2 is 2.00 bits per heavy atom. The lowest BCUT2D eigenvalue weighted by molar-refractivity contribution is 0.884. The van der Waals surface area contributed by atoms with E-state index in [1.807, 2.05) is 37.3 Å². The van der Waals surface area contributed by atoms with Crippen molar-refractivity contribution in [1.29, 1.82) is 0 Å². The molecular weight excluding hydrogens is 350 g/mol. The summed E-state index contributed by atoms with van der Waals surface area (Å²) in [6.45, 7) is 2.41. The maximum atomic E-state index is 5.77. The Labute approximate surface area is 154 Å². The standard InChI is InChI=1S/C18H14ClN7/c1-12-3-2-4-15(7-12)26-17-14(11-23-26)10-21-18(24-17)25-22-9-13-5-6-16(19)20-8-13/h2-8,10-11H,9H2,1H3. The van der Waals surface area contributed by atoms with Gasteiger partial charge in [-0.25, -0.2) is 14.6 Å². The molecule has 128 valence electrons. The third-order valence-electron chi connectivity index (χ3n) is 3.74. The highest BCUT2D eigenvalue weighted by atomic mass is 35.5. The Balaban J connectivity index is 1.61. The fourth-order valence-corrected chi connectivity index (χ4v) is 2.60. The van der Waals surface area contributed by atoms with Gasteiger partial charge in [0.1, 0.15) is 5.15 Å². The van der Waals surface area contributed by atoms with Crippen LogP contribution in [0.3, 0.4) is 0 Å². The molecule has 0 radical (unpaired) electrons. The van der Waals surface area contributed by atoms with Gasteiger partial charge in [0.25, 0.3) is 5.95 Å². The van der Waals surface area contributed by atoms with Gasteiger partial charge in [-0.05, 0) is 36.2 Å². The molecule has 7 nitrogen and oxygen atoms in total. The van der Waals surface area contributed by atoms with E-state index in [1.165, 1.54) is 0 Å². The van der Waals surface area contributed by atoms with Crippen molar-refractivity contribution in [3.05, 3.63) is 71.3 Å². The number of hydrogen-bond acceptors (Lipinski definition) is 6. The van der Waals surface area contributed by atoms with Crippen molar-refractivity contribution in [2.75, 3.05) is 0 Å². The summed E-state index contributed by atoms with van der Waals surface area (Å²) in [5, 5.41) is 13.9. The number of aryl methyl sites for hydroxylation is 1. The quantitative estimate of drug-likeness (QED) is 0.396. The van der Waals surface area contributed by atoms with Crippen molar-refractivity contribution in [3.8, 4) is 5.69 Å². The van der Waals surface area contributed by atoms with E-state index in [4.69, 9.17) is 11.6 Å². The van der Waals surface area contributed by atoms with E-state index in [1.54, 1.807) is 29.3 Å². The van der Waals surface area contributed by atoms with Crippen molar-refractivity contribution >= 4 is 28.6 Å². The molecule has 0 aliphatic rings. The van der Waals surface area contributed by atoms with Gasteiger partial charge in [0.15, 0.2) is 5.65 Å². The van der Waals surface area contributed by atoms with Crippen molar-refractivity contribution in [3.63, 3.8) is 0 Å². The molecule has 8 heteroatoms. The lowest BCUT2D eigenvalue weighted by Gasteiger charge is -2.03. The van der Waals surface area contributed by atoms with E-state index in [0.717, 1.165) is 22.2 Å². The van der Waals surface area contributed by atoms with Gasteiger partial charge in [0.2, 0.25) is 0 Å². The molecule has 0 saturated carbocycles. The third-order valence-corrected chi connectivity index (χ3v) is 3.97. The van der Waals surface area contributed by atoms with Gasteiger partial charge in [-0.3, -0.25) is 0 Å². The van der Waals surface area contributed by atoms with Crippen LogP contribution in [0.1, 0.15) is 11.1 Å². The number of rotatable bonds is 4. The Kier molecular flexibility index (Phi) is 4.37. The molecule has 26 heavy (non-hydrogen) atoms. The normalized spacial score (nSPS) is 11.5. The zero-order valence-electron chi connectivity index (χ0n) is 13.9. The molecule has 0 unspecified atom stereocenters. The second-order valence-electron chi connectivity index (χ2n) is 5.73. The second-order valence-corrected chi connectivity index (χ2v) is 6.12. The highest BCUT2D eigenvalue weighted by Gasteiger charge is 2.08. The Hall–Kier alpha value is -3.19. The number of benzene rings is 1. The predicted octanol–water partition coefficient (Wildman–Crippen LogP) is 4.46. The van der Waals surface area contributed by atoms with Crippen LogP contribution in [-0.2, 0) is 6.54 Å². The van der Waals surface area contributed by atoms with Crippen molar-refractivity contribution in [2.45, 2.75) is 13.5 Å². The summed E-state index contributed by atoms with van der Waals surface area (Å²) < 4.78 is 1.77. The van der Waals surface area contributed by atoms with E-state index in [9.17, 15) is 0 Å². The highest BCUT2D eigenvalue weighted by molar-refractivity contribution is 6.29. The van der Waals surface area contributed by atoms with Crippen molar-refractivity contribution in [1.82, 2.24) is 24.7 Å². The molecule has 0 fully saturated rings. The molecule has 0 aliphatic carbocycles. The molecule has 4 rings (SSSR count). The number of fused-ring (bicyclic) bond motifs is 1. The van der Waals surface area contributed by atoms with Crippen LogP contribution in [0.15, 0.2) is 65.2 Å². The zero-order valence-corrected chi connectivity index (χ0v) is 14.7. The van der Waals surface area contributed by atoms with Crippen LogP contribution in [-0.4, -0.2) is 24.7 Å². The summed E-state index contributed by atoms with van der Waals surface area (Å²) in [4.78, 5) is 12.7. The largest absolute Gasteiger partial charge is 0.270 e. The molecule has 3 aromatic heterocycles. The molecule has 3 heterocycles. The number of halogens is 1. The second kappa shape index (κ2) is 6.97. The first-order chi connectivity index (χ1) is 12.7. The summed E-state index contributed by atoms with van der Waals surface area (Å²) >= 11 is 5.77. The summed E-state index contributed by atoms with van der Waals surface area (Å²) in [7, 11) is 0. The maximum Gasteiger partial charge on any atom is 0.270 e. The third kappa shape index (κ3) is 3.43. The van der Waals surface area contributed by atoms with Crippen LogP contribution < -0.4 is 0 Å². The van der Waals surface area contributed by atoms with E-state index in [0.29, 0.717) is 17.3 Å². The van der Waals surface area contributed by atoms with E-state index in [2.05, 4.69) is 30.3 Å². The zero-order chi connectivity index (χ0) is 17.9. The molecule has 1 aromatic carbocycles. The monoisotopic (exact) mass is 363 g/mol. The van der Waals surface area contributed by atoms with Gasteiger partial charge in [-0.2, -0.15) is 15.2 Å². The van der Waals surface area contributed by atoms with Crippen LogP contribution in [0.4, 0.5) is 5.95 Å². The van der Waals surface area contributed by atoms with Crippen LogP contribution in [0.25, 0.3) is 16.7 Å². The van der Waals surface area contributed by atoms with Gasteiger partial charge >= 0.3 is 0 Å². The summed E-state index contributed by atoms with van der Waals surface area (Å²) in [5.74, 6) is 0.286. The van der Waals surface area contributed by atoms with E-state index in [-0.39, 0.29) is 5.95 Å². The minimum atomic E-state index is 0.286. The fraction of sp³-hybridized carbons (Fsp3) is 0.111. The van der Waals surface area contributed by atoms with Crippen LogP contribution in [0.5, 0.6) is 0 Å². The summed E-state index contributed by atoms with van der Waals surface area (Å²) in [6, 6.07) is 11.6. The molecule has 4 aromatic rings. The SMILES string of the molecule is Cc1cccc(-n2ncc3cnc(N=NCc4ccc(Cl)nc4)nc32)c1. The molecule has 0 N–H and O–H groups in total. The minimum absolute atomic E-state index is 0.286. The van der Waals surface area contributed by atoms with Gasteiger partial charge in [0, 0.05) is 12.4 Å². The number of azo groups is 1. The van der Waals surface area contributed by atoms with E-state index >= 15 is 0 Å². The smallest absolute Gasteiger partial charge is 0.244 e. The first-order valence-corrected chi connectivity index (χ1v) is 8.32. The number of pyridine rings is 1. The summed E-state index contributed by atoms with van der Waals surface area (Å²) in [6.07, 6.45) is 5.09. The van der Waals surface area contributed by atoms with Gasteiger partial charge in [-0.1, -0.05) is 29.8 Å². The number of hydrogen-bond donors (Lipinski definition) is 0. The fourth-order valence-electron chi connectivity index (χ4n) is 2.49. The molecule has 0 spiro atoms. The van der Waals surface area contributed by atoms with Crippen LogP contribution >= 0.6 is 11.6 Å². The molecular formula is C18H14ClN7. The lowest BCUT2D eigenvalue weighted by atomic mass is 10.2. The van der Waals surface area contributed by atoms with Gasteiger partial charge in [-0.15, -0.1) is 5.11 Å². The van der Waals surface area contributed by atoms with Crippen LogP contribution in [0.2, 0.25) is 5.15 Å². The van der Waals surface area contributed by atoms with Crippen LogP contribution in [0, 0.1) is 6.92 Å². The lowest BCUT2D eigenvalue weighted by Crippen LogP contribution is -1.98. The maximum absolute atomic E-state index is 5.77. The Bertz CT molecular complexity index is 1090. The Morgan fingerprint density at radius 1 is 1.08 bits per heavy atom. The highest BCUT2D eigenvalue weighted by Crippen LogP contribution is 2.19. The number of aromatic nitrogens is 5. The molecule has 0 saturated heterocycles. The average Bonchev–Trinajstić information content (AvgIpc) is 3.07. The van der Waals surface area contributed by atoms with Gasteiger partial charge in [0.05, 0.1) is 23.8 Å².